The summed E-state index contributed by atoms with van der Waals surface area (Å²) in [5.41, 5.74) is 1.92. The molecule has 3 heterocycles. The Morgan fingerprint density at radius 1 is 1.16 bits per heavy atom. The van der Waals surface area contributed by atoms with Gasteiger partial charge in [-0.05, 0) is 31.7 Å². The number of halogens is 3. The first-order valence-corrected chi connectivity index (χ1v) is 13.1. The number of anilines is 4. The molecule has 0 amide bonds. The summed E-state index contributed by atoms with van der Waals surface area (Å²) in [6, 6.07) is 2.22. The van der Waals surface area contributed by atoms with E-state index in [2.05, 4.69) is 30.6 Å². The van der Waals surface area contributed by atoms with E-state index in [9.17, 15) is 12.8 Å². The van der Waals surface area contributed by atoms with Crippen molar-refractivity contribution in [2.24, 2.45) is 7.05 Å². The van der Waals surface area contributed by atoms with E-state index in [-0.39, 0.29) is 11.9 Å². The standard InChI is InChI=1S/C23H23F3N8O2S/c1-11-7-16(32-31-11)28-22-17(12-5-6-12)20(13-9-27-33(2)10-13)29-23(30-22)34(3)21-14(24)8-15(37(4,35)36)18(25)19(21)26/h7-10,12H,5-6H2,1-4H3,(H2,28,29,30,31,32). The van der Waals surface area contributed by atoms with Crippen LogP contribution in [0, 0.1) is 24.4 Å². The number of benzene rings is 1. The van der Waals surface area contributed by atoms with Crippen molar-refractivity contribution in [3.05, 3.63) is 53.2 Å². The number of hydrogen-bond donors (Lipinski definition) is 2. The van der Waals surface area contributed by atoms with Gasteiger partial charge in [0.05, 0.1) is 11.9 Å². The average Bonchev–Trinajstić information content (AvgIpc) is 3.44. The minimum absolute atomic E-state index is 0.150. The Balaban J connectivity index is 1.70. The van der Waals surface area contributed by atoms with E-state index in [1.54, 1.807) is 30.2 Å². The van der Waals surface area contributed by atoms with Crippen LogP contribution in [0.4, 0.5) is 36.4 Å². The molecule has 1 saturated carbocycles. The molecule has 1 aliphatic rings. The number of nitrogens with one attached hydrogen (secondary N) is 2. The van der Waals surface area contributed by atoms with Crippen molar-refractivity contribution in [3.63, 3.8) is 0 Å². The monoisotopic (exact) mass is 532 g/mol. The van der Waals surface area contributed by atoms with Gasteiger partial charge in [-0.25, -0.2) is 26.6 Å². The van der Waals surface area contributed by atoms with Gasteiger partial charge in [-0.15, -0.1) is 0 Å². The molecule has 1 fully saturated rings. The number of nitrogens with zero attached hydrogens (tertiary/aromatic N) is 6. The zero-order valence-corrected chi connectivity index (χ0v) is 21.2. The molecule has 4 aromatic rings. The Morgan fingerprint density at radius 2 is 1.89 bits per heavy atom. The fourth-order valence-electron chi connectivity index (χ4n) is 4.07. The van der Waals surface area contributed by atoms with Crippen molar-refractivity contribution in [1.82, 2.24) is 29.9 Å². The molecule has 0 aliphatic heterocycles. The summed E-state index contributed by atoms with van der Waals surface area (Å²) in [5, 5.41) is 14.4. The summed E-state index contributed by atoms with van der Waals surface area (Å²) >= 11 is 0. The van der Waals surface area contributed by atoms with Crippen LogP contribution in [0.15, 0.2) is 29.4 Å². The zero-order chi connectivity index (χ0) is 26.6. The lowest BCUT2D eigenvalue weighted by atomic mass is 10.1. The Hall–Kier alpha value is -3.94. The lowest BCUT2D eigenvalue weighted by molar-refractivity contribution is 0.472. The molecule has 1 aromatic carbocycles. The molecule has 5 rings (SSSR count). The maximum absolute atomic E-state index is 15.1. The first kappa shape index (κ1) is 24.7. The number of aromatic nitrogens is 6. The molecule has 14 heteroatoms. The lowest BCUT2D eigenvalue weighted by Gasteiger charge is -2.22. The lowest BCUT2D eigenvalue weighted by Crippen LogP contribution is -2.20. The Morgan fingerprint density at radius 3 is 2.46 bits per heavy atom. The number of H-pyrrole nitrogens is 1. The number of aromatic amines is 1. The zero-order valence-electron chi connectivity index (χ0n) is 20.3. The van der Waals surface area contributed by atoms with E-state index in [0.29, 0.717) is 35.2 Å². The van der Waals surface area contributed by atoms with Gasteiger partial charge in [0.25, 0.3) is 0 Å². The fourth-order valence-corrected chi connectivity index (χ4v) is 4.80. The van der Waals surface area contributed by atoms with Gasteiger partial charge in [-0.1, -0.05) is 0 Å². The second-order valence-electron chi connectivity index (χ2n) is 9.04. The van der Waals surface area contributed by atoms with Crippen LogP contribution in [0.25, 0.3) is 11.3 Å². The normalized spacial score (nSPS) is 13.7. The fraction of sp³-hybridized carbons (Fsp3) is 0.304. The van der Waals surface area contributed by atoms with E-state index in [1.165, 1.54) is 7.05 Å². The largest absolute Gasteiger partial charge is 0.323 e. The van der Waals surface area contributed by atoms with Gasteiger partial charge in [-0.2, -0.15) is 15.2 Å². The van der Waals surface area contributed by atoms with Crippen molar-refractivity contribution in [3.8, 4) is 11.3 Å². The molecule has 37 heavy (non-hydrogen) atoms. The van der Waals surface area contributed by atoms with E-state index >= 15 is 8.78 Å². The van der Waals surface area contributed by atoms with E-state index in [0.717, 1.165) is 29.0 Å². The topological polar surface area (TPSA) is 122 Å². The molecular weight excluding hydrogens is 509 g/mol. The molecule has 0 spiro atoms. The quantitative estimate of drug-likeness (QED) is 0.341. The first-order chi connectivity index (χ1) is 17.4. The molecule has 0 atom stereocenters. The SMILES string of the molecule is Cc1cc(Nc2nc(N(C)c3c(F)cc(S(C)(=O)=O)c(F)c3F)nc(-c3cnn(C)c3)c2C2CC2)n[nH]1. The summed E-state index contributed by atoms with van der Waals surface area (Å²) in [4.78, 5) is 9.01. The molecule has 0 saturated heterocycles. The summed E-state index contributed by atoms with van der Waals surface area (Å²) in [5.74, 6) is -3.78. The summed E-state index contributed by atoms with van der Waals surface area (Å²) in [6.07, 6.45) is 5.84. The maximum atomic E-state index is 15.1. The van der Waals surface area contributed by atoms with Crippen molar-refractivity contribution < 1.29 is 21.6 Å². The molecule has 10 nitrogen and oxygen atoms in total. The van der Waals surface area contributed by atoms with Crippen molar-refractivity contribution >= 4 is 33.1 Å². The molecule has 0 unspecified atom stereocenters. The van der Waals surface area contributed by atoms with E-state index < -0.39 is 37.9 Å². The highest BCUT2D eigenvalue weighted by molar-refractivity contribution is 7.90. The summed E-state index contributed by atoms with van der Waals surface area (Å²) in [6.45, 7) is 1.83. The van der Waals surface area contributed by atoms with Gasteiger partial charge in [-0.3, -0.25) is 9.78 Å². The Labute approximate surface area is 210 Å². The van der Waals surface area contributed by atoms with Crippen molar-refractivity contribution in [1.29, 1.82) is 0 Å². The van der Waals surface area contributed by atoms with Crippen molar-refractivity contribution in [2.75, 3.05) is 23.5 Å². The third kappa shape index (κ3) is 4.63. The van der Waals surface area contributed by atoms with Gasteiger partial charge < -0.3 is 10.2 Å². The van der Waals surface area contributed by atoms with Crippen molar-refractivity contribution in [2.45, 2.75) is 30.6 Å². The minimum Gasteiger partial charge on any atom is -0.323 e. The van der Waals surface area contributed by atoms with Crippen LogP contribution in [0.2, 0.25) is 0 Å². The predicted octanol–water partition coefficient (Wildman–Crippen LogP) is 4.12. The highest BCUT2D eigenvalue weighted by Gasteiger charge is 2.34. The van der Waals surface area contributed by atoms with Gasteiger partial charge in [0, 0.05) is 49.4 Å². The van der Waals surface area contributed by atoms with Crippen LogP contribution < -0.4 is 10.2 Å². The van der Waals surface area contributed by atoms with E-state index in [1.807, 2.05) is 6.92 Å². The average molecular weight is 533 g/mol. The number of sulfone groups is 1. The summed E-state index contributed by atoms with van der Waals surface area (Å²) in [7, 11) is -1.19. The van der Waals surface area contributed by atoms with Gasteiger partial charge in [0.2, 0.25) is 5.95 Å². The van der Waals surface area contributed by atoms with Gasteiger partial charge in [0.1, 0.15) is 16.4 Å². The highest BCUT2D eigenvalue weighted by atomic mass is 32.2. The Bertz CT molecular complexity index is 1630. The van der Waals surface area contributed by atoms with Crippen LogP contribution in [-0.4, -0.2) is 51.7 Å². The van der Waals surface area contributed by atoms with Crippen LogP contribution in [0.5, 0.6) is 0 Å². The number of aryl methyl sites for hydroxylation is 2. The van der Waals surface area contributed by atoms with Crippen LogP contribution in [0.1, 0.15) is 30.0 Å². The van der Waals surface area contributed by atoms with Crippen LogP contribution >= 0.6 is 0 Å². The minimum atomic E-state index is -4.21. The smallest absolute Gasteiger partial charge is 0.232 e. The van der Waals surface area contributed by atoms with E-state index in [4.69, 9.17) is 0 Å². The molecule has 2 N–H and O–H groups in total. The predicted molar refractivity (Wildman–Crippen MR) is 130 cm³/mol. The van der Waals surface area contributed by atoms with Crippen LogP contribution in [0.3, 0.4) is 0 Å². The molecule has 0 radical (unpaired) electrons. The third-order valence-electron chi connectivity index (χ3n) is 5.99. The molecular formula is C23H23F3N8O2S. The maximum Gasteiger partial charge on any atom is 0.232 e. The molecule has 194 valence electrons. The second-order valence-corrected chi connectivity index (χ2v) is 11.0. The van der Waals surface area contributed by atoms with Crippen LogP contribution in [-0.2, 0) is 16.9 Å². The van der Waals surface area contributed by atoms with Gasteiger partial charge in [0.15, 0.2) is 33.1 Å². The summed E-state index contributed by atoms with van der Waals surface area (Å²) < 4.78 is 70.0. The molecule has 1 aliphatic carbocycles. The third-order valence-corrected chi connectivity index (χ3v) is 7.08. The number of hydrogen-bond acceptors (Lipinski definition) is 8. The van der Waals surface area contributed by atoms with Gasteiger partial charge >= 0.3 is 0 Å². The molecule has 3 aromatic heterocycles. The second kappa shape index (κ2) is 8.87. The number of rotatable bonds is 7. The molecule has 0 bridgehead atoms. The highest BCUT2D eigenvalue weighted by Crippen LogP contribution is 2.48. The first-order valence-electron chi connectivity index (χ1n) is 11.2. The Kier molecular flexibility index (Phi) is 5.93.